The highest BCUT2D eigenvalue weighted by Gasteiger charge is 2.14. The van der Waals surface area contributed by atoms with Crippen LogP contribution in [-0.2, 0) is 11.3 Å². The Morgan fingerprint density at radius 2 is 2.10 bits per heavy atom. The Morgan fingerprint density at radius 3 is 2.71 bits per heavy atom. The number of ether oxygens (including phenoxy) is 1. The lowest BCUT2D eigenvalue weighted by atomic mass is 10.1. The molecule has 1 heterocycles. The quantitative estimate of drug-likeness (QED) is 0.837. The molecule has 0 amide bonds. The van der Waals surface area contributed by atoms with Crippen molar-refractivity contribution in [3.63, 3.8) is 0 Å². The predicted octanol–water partition coefficient (Wildman–Crippen LogP) is 1.85. The highest BCUT2D eigenvalue weighted by molar-refractivity contribution is 5.69. The minimum atomic E-state index is -0.814. The molecule has 0 spiro atoms. The van der Waals surface area contributed by atoms with Gasteiger partial charge in [-0.2, -0.15) is 0 Å². The lowest BCUT2D eigenvalue weighted by Crippen LogP contribution is -2.14. The number of aliphatic carboxylic acids is 1. The fourth-order valence-electron chi connectivity index (χ4n) is 1.87. The monoisotopic (exact) mass is 290 g/mol. The number of carboxylic acids is 1. The van der Waals surface area contributed by atoms with E-state index in [0.29, 0.717) is 25.4 Å². The lowest BCUT2D eigenvalue weighted by Gasteiger charge is -2.08. The van der Waals surface area contributed by atoms with Crippen molar-refractivity contribution < 1.29 is 14.6 Å². The summed E-state index contributed by atoms with van der Waals surface area (Å²) >= 11 is 0. The first-order valence-corrected chi connectivity index (χ1v) is 6.84. The molecule has 0 aliphatic heterocycles. The molecule has 2 aromatic rings. The number of rotatable bonds is 7. The third-order valence-electron chi connectivity index (χ3n) is 3.15. The van der Waals surface area contributed by atoms with Crippen LogP contribution in [-0.4, -0.2) is 37.9 Å². The molecule has 1 N–H and O–H groups in total. The van der Waals surface area contributed by atoms with E-state index in [9.17, 15) is 4.79 Å². The molecule has 112 valence electrons. The average molecular weight is 290 g/mol. The first-order chi connectivity index (χ1) is 10.1. The predicted molar refractivity (Wildman–Crippen MR) is 75.8 cm³/mol. The van der Waals surface area contributed by atoms with Crippen LogP contribution in [0.3, 0.4) is 0 Å². The van der Waals surface area contributed by atoms with Gasteiger partial charge in [0.05, 0.1) is 12.5 Å². The highest BCUT2D eigenvalue weighted by Crippen LogP contribution is 2.20. The number of nitrogens with zero attached hydrogens (tertiary/aromatic N) is 4. The summed E-state index contributed by atoms with van der Waals surface area (Å²) in [7, 11) is 0. The standard InChI is InChI=1S/C14H18N4O3/c1-3-21-12-6-4-11(5-7-12)13-15-16-17-18(13)9-8-10(2)14(19)20/h4-7,10H,3,8-9H2,1-2H3,(H,19,20). The van der Waals surface area contributed by atoms with Gasteiger partial charge in [0.25, 0.3) is 0 Å². The van der Waals surface area contributed by atoms with Crippen LogP contribution in [0.2, 0.25) is 0 Å². The summed E-state index contributed by atoms with van der Waals surface area (Å²) in [5.41, 5.74) is 0.867. The minimum Gasteiger partial charge on any atom is -0.494 e. The van der Waals surface area contributed by atoms with E-state index in [-0.39, 0.29) is 0 Å². The van der Waals surface area contributed by atoms with Crippen molar-refractivity contribution in [1.29, 1.82) is 0 Å². The molecule has 0 saturated carbocycles. The maximum atomic E-state index is 10.8. The first-order valence-electron chi connectivity index (χ1n) is 6.84. The van der Waals surface area contributed by atoms with Crippen molar-refractivity contribution >= 4 is 5.97 Å². The molecular weight excluding hydrogens is 272 g/mol. The molecule has 7 heteroatoms. The van der Waals surface area contributed by atoms with E-state index in [4.69, 9.17) is 9.84 Å². The van der Waals surface area contributed by atoms with Gasteiger partial charge in [-0.3, -0.25) is 4.79 Å². The lowest BCUT2D eigenvalue weighted by molar-refractivity contribution is -0.141. The number of tetrazole rings is 1. The molecule has 7 nitrogen and oxygen atoms in total. The molecule has 2 rings (SSSR count). The van der Waals surface area contributed by atoms with Gasteiger partial charge < -0.3 is 9.84 Å². The van der Waals surface area contributed by atoms with Crippen molar-refractivity contribution in [2.45, 2.75) is 26.8 Å². The second-order valence-electron chi connectivity index (χ2n) is 4.71. The van der Waals surface area contributed by atoms with Crippen molar-refractivity contribution in [1.82, 2.24) is 20.2 Å². The van der Waals surface area contributed by atoms with Crippen molar-refractivity contribution in [2.24, 2.45) is 5.92 Å². The third kappa shape index (κ3) is 3.77. The highest BCUT2D eigenvalue weighted by atomic mass is 16.5. The van der Waals surface area contributed by atoms with Gasteiger partial charge in [0.15, 0.2) is 5.82 Å². The van der Waals surface area contributed by atoms with E-state index in [0.717, 1.165) is 11.3 Å². The Balaban J connectivity index is 2.10. The summed E-state index contributed by atoms with van der Waals surface area (Å²) in [4.78, 5) is 10.8. The Bertz CT molecular complexity index is 595. The fourth-order valence-corrected chi connectivity index (χ4v) is 1.87. The SMILES string of the molecule is CCOc1ccc(-c2nnnn2CCC(C)C(=O)O)cc1. The molecule has 1 atom stereocenters. The largest absolute Gasteiger partial charge is 0.494 e. The topological polar surface area (TPSA) is 90.1 Å². The first kappa shape index (κ1) is 15.0. The van der Waals surface area contributed by atoms with Gasteiger partial charge in [0.1, 0.15) is 5.75 Å². The van der Waals surface area contributed by atoms with Gasteiger partial charge >= 0.3 is 5.97 Å². The van der Waals surface area contributed by atoms with Gasteiger partial charge in [-0.25, -0.2) is 4.68 Å². The maximum absolute atomic E-state index is 10.8. The molecule has 1 aromatic heterocycles. The summed E-state index contributed by atoms with van der Waals surface area (Å²) in [5.74, 6) is 0.170. The van der Waals surface area contributed by atoms with Gasteiger partial charge in [-0.15, -0.1) is 5.10 Å². The second kappa shape index (κ2) is 6.83. The van der Waals surface area contributed by atoms with Crippen LogP contribution in [0.15, 0.2) is 24.3 Å². The summed E-state index contributed by atoms with van der Waals surface area (Å²) in [6, 6.07) is 7.48. The van der Waals surface area contributed by atoms with Crippen LogP contribution in [0.1, 0.15) is 20.3 Å². The van der Waals surface area contributed by atoms with Crippen molar-refractivity contribution in [2.75, 3.05) is 6.61 Å². The third-order valence-corrected chi connectivity index (χ3v) is 3.15. The Kier molecular flexibility index (Phi) is 4.86. The van der Waals surface area contributed by atoms with E-state index in [1.807, 2.05) is 31.2 Å². The van der Waals surface area contributed by atoms with E-state index < -0.39 is 11.9 Å². The number of benzene rings is 1. The van der Waals surface area contributed by atoms with Crippen LogP contribution in [0.4, 0.5) is 0 Å². The van der Waals surface area contributed by atoms with Gasteiger partial charge in [0.2, 0.25) is 0 Å². The summed E-state index contributed by atoms with van der Waals surface area (Å²) in [6.45, 7) is 4.68. The molecule has 1 unspecified atom stereocenters. The molecule has 0 radical (unpaired) electrons. The fraction of sp³-hybridized carbons (Fsp3) is 0.429. The molecule has 0 saturated heterocycles. The van der Waals surface area contributed by atoms with Crippen LogP contribution in [0.5, 0.6) is 5.75 Å². The molecular formula is C14H18N4O3. The number of hydrogen-bond donors (Lipinski definition) is 1. The number of aryl methyl sites for hydroxylation is 1. The molecule has 0 aliphatic rings. The number of carboxylic acid groups (broad SMARTS) is 1. The smallest absolute Gasteiger partial charge is 0.306 e. The van der Waals surface area contributed by atoms with Gasteiger partial charge in [-0.05, 0) is 48.0 Å². The van der Waals surface area contributed by atoms with E-state index in [2.05, 4.69) is 15.5 Å². The van der Waals surface area contributed by atoms with Crippen LogP contribution in [0.25, 0.3) is 11.4 Å². The molecule has 0 bridgehead atoms. The zero-order valence-corrected chi connectivity index (χ0v) is 12.1. The Hall–Kier alpha value is -2.44. The summed E-state index contributed by atoms with van der Waals surface area (Å²) < 4.78 is 7.01. The summed E-state index contributed by atoms with van der Waals surface area (Å²) in [5, 5.41) is 20.5. The summed E-state index contributed by atoms with van der Waals surface area (Å²) in [6.07, 6.45) is 0.477. The molecule has 1 aromatic carbocycles. The molecule has 21 heavy (non-hydrogen) atoms. The minimum absolute atomic E-state index is 0.428. The van der Waals surface area contributed by atoms with Gasteiger partial charge in [0, 0.05) is 12.1 Å². The van der Waals surface area contributed by atoms with E-state index in [1.165, 1.54) is 0 Å². The van der Waals surface area contributed by atoms with Crippen molar-refractivity contribution in [3.8, 4) is 17.1 Å². The van der Waals surface area contributed by atoms with E-state index in [1.54, 1.807) is 11.6 Å². The van der Waals surface area contributed by atoms with Crippen LogP contribution in [0, 0.1) is 5.92 Å². The second-order valence-corrected chi connectivity index (χ2v) is 4.71. The number of aromatic nitrogens is 4. The van der Waals surface area contributed by atoms with Gasteiger partial charge in [-0.1, -0.05) is 6.92 Å². The number of carbonyl (C=O) groups is 1. The van der Waals surface area contributed by atoms with Crippen LogP contribution < -0.4 is 4.74 Å². The zero-order valence-electron chi connectivity index (χ0n) is 12.1. The van der Waals surface area contributed by atoms with E-state index >= 15 is 0 Å². The Labute approximate surface area is 122 Å². The van der Waals surface area contributed by atoms with Crippen molar-refractivity contribution in [3.05, 3.63) is 24.3 Å². The molecule has 0 aliphatic carbocycles. The maximum Gasteiger partial charge on any atom is 0.306 e. The van der Waals surface area contributed by atoms with Crippen LogP contribution >= 0.6 is 0 Å². The average Bonchev–Trinajstić information content (AvgIpc) is 2.94. The Morgan fingerprint density at radius 1 is 1.38 bits per heavy atom. The number of hydrogen-bond acceptors (Lipinski definition) is 5. The molecule has 0 fully saturated rings. The normalized spacial score (nSPS) is 12.1. The zero-order chi connectivity index (χ0) is 15.2.